The van der Waals surface area contributed by atoms with Gasteiger partial charge in [-0.25, -0.2) is 8.78 Å². The monoisotopic (exact) mass is 199 g/mol. The molecule has 1 atom stereocenters. The molecule has 1 N–H and O–H groups in total. The van der Waals surface area contributed by atoms with Crippen molar-refractivity contribution in [2.24, 2.45) is 0 Å². The normalized spacial score (nSPS) is 21.0. The second-order valence-electron chi connectivity index (χ2n) is 3.48. The summed E-state index contributed by atoms with van der Waals surface area (Å²) in [6.07, 6.45) is -0.860. The molecule has 0 amide bonds. The van der Waals surface area contributed by atoms with E-state index in [4.69, 9.17) is 0 Å². The van der Waals surface area contributed by atoms with Crippen molar-refractivity contribution in [3.05, 3.63) is 29.1 Å². The number of aliphatic hydroxyl groups excluding tert-OH is 1. The fourth-order valence-electron chi connectivity index (χ4n) is 1.77. The van der Waals surface area contributed by atoms with Crippen molar-refractivity contribution in [1.29, 1.82) is 0 Å². The third-order valence-electron chi connectivity index (χ3n) is 2.50. The van der Waals surface area contributed by atoms with Crippen LogP contribution in [0.25, 0.3) is 0 Å². The van der Waals surface area contributed by atoms with E-state index in [2.05, 4.69) is 4.98 Å². The highest BCUT2D eigenvalue weighted by molar-refractivity contribution is 5.27. The van der Waals surface area contributed by atoms with Crippen LogP contribution in [0.15, 0.2) is 12.1 Å². The summed E-state index contributed by atoms with van der Waals surface area (Å²) in [5.41, 5.74) is 1.14. The maximum absolute atomic E-state index is 12.3. The summed E-state index contributed by atoms with van der Waals surface area (Å²) in [5.74, 6) is 0. The molecular formula is C10H11F2NO. The lowest BCUT2D eigenvalue weighted by Crippen LogP contribution is -2.12. The zero-order chi connectivity index (χ0) is 10.1. The minimum Gasteiger partial charge on any atom is -0.388 e. The van der Waals surface area contributed by atoms with Gasteiger partial charge in [0.2, 0.25) is 0 Å². The molecule has 1 aliphatic carbocycles. The van der Waals surface area contributed by atoms with Gasteiger partial charge in [0.25, 0.3) is 6.43 Å². The van der Waals surface area contributed by atoms with Crippen LogP contribution in [-0.2, 0) is 6.42 Å². The molecule has 1 heterocycles. The van der Waals surface area contributed by atoms with Crippen molar-refractivity contribution in [3.8, 4) is 0 Å². The Hall–Kier alpha value is -1.03. The molecule has 4 heteroatoms. The molecule has 0 saturated carbocycles. The summed E-state index contributed by atoms with van der Waals surface area (Å²) in [6.45, 7) is 0. The van der Waals surface area contributed by atoms with E-state index in [0.717, 1.165) is 6.42 Å². The van der Waals surface area contributed by atoms with E-state index >= 15 is 0 Å². The molecule has 2 nitrogen and oxygen atoms in total. The number of hydrogen-bond acceptors (Lipinski definition) is 2. The van der Waals surface area contributed by atoms with Crippen molar-refractivity contribution < 1.29 is 13.9 Å². The Labute approximate surface area is 80.6 Å². The molecule has 1 aromatic rings. The highest BCUT2D eigenvalue weighted by atomic mass is 19.3. The summed E-state index contributed by atoms with van der Waals surface area (Å²) < 4.78 is 24.6. The first-order chi connectivity index (χ1) is 6.68. The van der Waals surface area contributed by atoms with Crippen LogP contribution in [0, 0.1) is 0 Å². The van der Waals surface area contributed by atoms with Gasteiger partial charge in [0.1, 0.15) is 5.69 Å². The lowest BCUT2D eigenvalue weighted by Gasteiger charge is -2.20. The Kier molecular flexibility index (Phi) is 2.46. The molecule has 2 rings (SSSR count). The van der Waals surface area contributed by atoms with Crippen LogP contribution >= 0.6 is 0 Å². The van der Waals surface area contributed by atoms with Gasteiger partial charge in [-0.15, -0.1) is 0 Å². The topological polar surface area (TPSA) is 33.1 Å². The van der Waals surface area contributed by atoms with E-state index in [1.54, 1.807) is 6.07 Å². The molecule has 1 aromatic heterocycles. The maximum Gasteiger partial charge on any atom is 0.280 e. The lowest BCUT2D eigenvalue weighted by molar-refractivity contribution is 0.141. The molecular weight excluding hydrogens is 188 g/mol. The summed E-state index contributed by atoms with van der Waals surface area (Å²) in [4.78, 5) is 3.85. The number of aliphatic hydroxyl groups is 1. The number of aryl methyl sites for hydroxylation is 1. The Morgan fingerprint density at radius 1 is 1.43 bits per heavy atom. The second kappa shape index (κ2) is 3.61. The average Bonchev–Trinajstić information content (AvgIpc) is 2.17. The van der Waals surface area contributed by atoms with Crippen LogP contribution in [0.4, 0.5) is 8.78 Å². The number of aromatic nitrogens is 1. The first-order valence-corrected chi connectivity index (χ1v) is 4.64. The number of alkyl halides is 2. The van der Waals surface area contributed by atoms with Crippen molar-refractivity contribution in [1.82, 2.24) is 4.98 Å². The molecule has 14 heavy (non-hydrogen) atoms. The van der Waals surface area contributed by atoms with E-state index in [1.165, 1.54) is 6.07 Å². The Morgan fingerprint density at radius 3 is 2.93 bits per heavy atom. The van der Waals surface area contributed by atoms with Gasteiger partial charge in [0, 0.05) is 11.3 Å². The standard InChI is InChI=1S/C10H11F2NO/c11-10(12)8-5-4-6-7(13-8)2-1-3-9(6)14/h4-5,9-10,14H,1-3H2. The van der Waals surface area contributed by atoms with Crippen molar-refractivity contribution in [3.63, 3.8) is 0 Å². The van der Waals surface area contributed by atoms with Gasteiger partial charge in [-0.2, -0.15) is 0 Å². The smallest absolute Gasteiger partial charge is 0.280 e. The number of halogens is 2. The maximum atomic E-state index is 12.3. The van der Waals surface area contributed by atoms with Crippen LogP contribution in [0.5, 0.6) is 0 Å². The minimum absolute atomic E-state index is 0.196. The molecule has 0 saturated heterocycles. The predicted octanol–water partition coefficient (Wildman–Crippen LogP) is 2.39. The summed E-state index contributed by atoms with van der Waals surface area (Å²) >= 11 is 0. The van der Waals surface area contributed by atoms with Crippen LogP contribution in [0.2, 0.25) is 0 Å². The van der Waals surface area contributed by atoms with Gasteiger partial charge in [-0.3, -0.25) is 4.98 Å². The van der Waals surface area contributed by atoms with Gasteiger partial charge < -0.3 is 5.11 Å². The second-order valence-corrected chi connectivity index (χ2v) is 3.48. The zero-order valence-electron chi connectivity index (χ0n) is 7.58. The molecule has 0 bridgehead atoms. The Morgan fingerprint density at radius 2 is 2.21 bits per heavy atom. The molecule has 0 aromatic carbocycles. The molecule has 0 aliphatic heterocycles. The predicted molar refractivity (Wildman–Crippen MR) is 47.1 cm³/mol. The number of fused-ring (bicyclic) bond motifs is 1. The van der Waals surface area contributed by atoms with E-state index in [1.807, 2.05) is 0 Å². The number of rotatable bonds is 1. The van der Waals surface area contributed by atoms with Crippen molar-refractivity contribution in [2.75, 3.05) is 0 Å². The van der Waals surface area contributed by atoms with Crippen LogP contribution in [0.1, 0.15) is 42.3 Å². The zero-order valence-corrected chi connectivity index (χ0v) is 7.58. The minimum atomic E-state index is -2.53. The van der Waals surface area contributed by atoms with Gasteiger partial charge in [-0.05, 0) is 25.3 Å². The number of hydrogen-bond donors (Lipinski definition) is 1. The van der Waals surface area contributed by atoms with Crippen molar-refractivity contribution in [2.45, 2.75) is 31.8 Å². The molecule has 0 radical (unpaired) electrons. The van der Waals surface area contributed by atoms with E-state index in [-0.39, 0.29) is 5.69 Å². The highest BCUT2D eigenvalue weighted by Crippen LogP contribution is 2.29. The highest BCUT2D eigenvalue weighted by Gasteiger charge is 2.20. The van der Waals surface area contributed by atoms with Crippen molar-refractivity contribution >= 4 is 0 Å². The third kappa shape index (κ3) is 1.62. The third-order valence-corrected chi connectivity index (χ3v) is 2.50. The fraction of sp³-hybridized carbons (Fsp3) is 0.500. The van der Waals surface area contributed by atoms with Gasteiger partial charge in [0.15, 0.2) is 0 Å². The van der Waals surface area contributed by atoms with Crippen LogP contribution in [-0.4, -0.2) is 10.1 Å². The van der Waals surface area contributed by atoms with Crippen LogP contribution < -0.4 is 0 Å². The van der Waals surface area contributed by atoms with Gasteiger partial charge in [-0.1, -0.05) is 6.07 Å². The fourth-order valence-corrected chi connectivity index (χ4v) is 1.77. The largest absolute Gasteiger partial charge is 0.388 e. The molecule has 1 unspecified atom stereocenters. The van der Waals surface area contributed by atoms with Gasteiger partial charge in [0.05, 0.1) is 6.10 Å². The molecule has 0 fully saturated rings. The van der Waals surface area contributed by atoms with E-state index < -0.39 is 12.5 Å². The Balaban J connectivity index is 2.39. The van der Waals surface area contributed by atoms with Gasteiger partial charge >= 0.3 is 0 Å². The first kappa shape index (κ1) is 9.52. The van der Waals surface area contributed by atoms with E-state index in [0.29, 0.717) is 24.1 Å². The summed E-state index contributed by atoms with van der Waals surface area (Å²) in [5, 5.41) is 9.56. The number of nitrogens with zero attached hydrogens (tertiary/aromatic N) is 1. The Bertz CT molecular complexity index is 341. The summed E-state index contributed by atoms with van der Waals surface area (Å²) in [6, 6.07) is 2.85. The molecule has 0 spiro atoms. The average molecular weight is 199 g/mol. The van der Waals surface area contributed by atoms with E-state index in [9.17, 15) is 13.9 Å². The quantitative estimate of drug-likeness (QED) is 0.753. The molecule has 76 valence electrons. The molecule has 1 aliphatic rings. The first-order valence-electron chi connectivity index (χ1n) is 4.64. The summed E-state index contributed by atoms with van der Waals surface area (Å²) in [7, 11) is 0. The van der Waals surface area contributed by atoms with Crippen LogP contribution in [0.3, 0.4) is 0 Å². The number of pyridine rings is 1. The SMILES string of the molecule is OC1CCCc2nc(C(F)F)ccc21. The lowest BCUT2D eigenvalue weighted by atomic mass is 9.93.